The average molecular weight is 576 g/mol. The Morgan fingerprint density at radius 1 is 1.10 bits per heavy atom. The number of terminal acetylenes is 1. The number of thioether (sulfide) groups is 1. The van der Waals surface area contributed by atoms with Crippen LogP contribution in [0.1, 0.15) is 83.4 Å². The lowest BCUT2D eigenvalue weighted by atomic mass is 9.97. The van der Waals surface area contributed by atoms with Gasteiger partial charge in [0.15, 0.2) is 0 Å². The molecule has 1 aromatic rings. The van der Waals surface area contributed by atoms with Crippen LogP contribution >= 0.6 is 11.8 Å². The van der Waals surface area contributed by atoms with Crippen molar-refractivity contribution in [2.75, 3.05) is 32.2 Å². The molecule has 0 aliphatic heterocycles. The Morgan fingerprint density at radius 3 is 2.38 bits per heavy atom. The molecule has 0 fully saturated rings. The van der Waals surface area contributed by atoms with E-state index < -0.39 is 41.6 Å². The molecular weight excluding hydrogens is 530 g/mol. The van der Waals surface area contributed by atoms with Crippen LogP contribution in [-0.2, 0) is 23.9 Å². The number of benzene rings is 1. The molecule has 9 nitrogen and oxygen atoms in total. The Balaban J connectivity index is 3.54. The van der Waals surface area contributed by atoms with E-state index in [-0.39, 0.29) is 13.1 Å². The van der Waals surface area contributed by atoms with E-state index in [9.17, 15) is 19.2 Å². The zero-order valence-corrected chi connectivity index (χ0v) is 25.5. The largest absolute Gasteiger partial charge is 0.468 e. The molecule has 40 heavy (non-hydrogen) atoms. The summed E-state index contributed by atoms with van der Waals surface area (Å²) in [5.74, 6) is 1.57. The summed E-state index contributed by atoms with van der Waals surface area (Å²) in [4.78, 5) is 53.9. The number of ether oxygens (including phenoxy) is 2. The maximum absolute atomic E-state index is 14.2. The van der Waals surface area contributed by atoms with E-state index in [1.165, 1.54) is 23.8 Å². The molecule has 0 radical (unpaired) electrons. The number of hydrogen-bond acceptors (Lipinski definition) is 7. The first-order valence-corrected chi connectivity index (χ1v) is 15.1. The van der Waals surface area contributed by atoms with Crippen molar-refractivity contribution >= 4 is 35.6 Å². The number of carbonyl (C=O) groups is 4. The highest BCUT2D eigenvalue weighted by Gasteiger charge is 2.37. The maximum atomic E-state index is 14.2. The van der Waals surface area contributed by atoms with E-state index in [4.69, 9.17) is 11.2 Å². The second kappa shape index (κ2) is 18.2. The van der Waals surface area contributed by atoms with Gasteiger partial charge in [-0.15, -0.1) is 6.42 Å². The zero-order chi connectivity index (χ0) is 30.1. The van der Waals surface area contributed by atoms with Crippen LogP contribution in [0.2, 0.25) is 0 Å². The maximum Gasteiger partial charge on any atom is 0.408 e. The minimum Gasteiger partial charge on any atom is -0.468 e. The fraction of sp³-hybridized carbons (Fsp3) is 0.600. The van der Waals surface area contributed by atoms with Crippen molar-refractivity contribution in [1.82, 2.24) is 15.5 Å². The number of amides is 3. The molecule has 0 bridgehead atoms. The highest BCUT2D eigenvalue weighted by molar-refractivity contribution is 7.98. The highest BCUT2D eigenvalue weighted by atomic mass is 32.2. The van der Waals surface area contributed by atoms with Gasteiger partial charge in [0.25, 0.3) is 0 Å². The summed E-state index contributed by atoms with van der Waals surface area (Å²) in [7, 11) is 1.23. The van der Waals surface area contributed by atoms with Gasteiger partial charge < -0.3 is 25.0 Å². The molecule has 222 valence electrons. The van der Waals surface area contributed by atoms with Gasteiger partial charge in [-0.2, -0.15) is 11.8 Å². The lowest BCUT2D eigenvalue weighted by molar-refractivity contribution is -0.144. The third-order valence-corrected chi connectivity index (χ3v) is 6.63. The van der Waals surface area contributed by atoms with Gasteiger partial charge in [-0.1, -0.05) is 56.7 Å². The van der Waals surface area contributed by atoms with Crippen LogP contribution in [0.4, 0.5) is 4.79 Å². The van der Waals surface area contributed by atoms with E-state index in [1.54, 1.807) is 45.0 Å². The first-order valence-electron chi connectivity index (χ1n) is 13.7. The summed E-state index contributed by atoms with van der Waals surface area (Å²) < 4.78 is 10.1. The monoisotopic (exact) mass is 575 g/mol. The number of carbonyl (C=O) groups excluding carboxylic acids is 4. The summed E-state index contributed by atoms with van der Waals surface area (Å²) in [5.41, 5.74) is 0.151. The van der Waals surface area contributed by atoms with Gasteiger partial charge in [0.2, 0.25) is 11.8 Å². The second-order valence-corrected chi connectivity index (χ2v) is 11.3. The van der Waals surface area contributed by atoms with Gasteiger partial charge in [0.1, 0.15) is 24.2 Å². The van der Waals surface area contributed by atoms with Crippen molar-refractivity contribution in [3.63, 3.8) is 0 Å². The molecule has 0 spiro atoms. The van der Waals surface area contributed by atoms with Gasteiger partial charge in [0, 0.05) is 12.1 Å². The Bertz CT molecular complexity index is 1020. The Morgan fingerprint density at radius 2 is 1.77 bits per heavy atom. The Kier molecular flexibility index (Phi) is 15.9. The third-order valence-electron chi connectivity index (χ3n) is 5.99. The smallest absolute Gasteiger partial charge is 0.408 e. The van der Waals surface area contributed by atoms with Crippen molar-refractivity contribution in [2.24, 2.45) is 0 Å². The van der Waals surface area contributed by atoms with Crippen LogP contribution in [0.25, 0.3) is 0 Å². The molecule has 1 aromatic carbocycles. The fourth-order valence-corrected chi connectivity index (χ4v) is 4.51. The van der Waals surface area contributed by atoms with Crippen LogP contribution in [0, 0.1) is 12.3 Å². The summed E-state index contributed by atoms with van der Waals surface area (Å²) in [5, 5.41) is 5.31. The van der Waals surface area contributed by atoms with Gasteiger partial charge in [-0.05, 0) is 57.3 Å². The van der Waals surface area contributed by atoms with Crippen molar-refractivity contribution in [2.45, 2.75) is 83.9 Å². The number of nitrogens with zero attached hydrogens (tertiary/aromatic N) is 1. The highest BCUT2D eigenvalue weighted by Crippen LogP contribution is 2.27. The SMILES string of the molecule is C#Cc1ccccc1C(C(=O)NCC(=O)OC)N(CCCCCCC)C(=O)C(CCSC)NC(=O)OC(C)(C)C. The van der Waals surface area contributed by atoms with Gasteiger partial charge >= 0.3 is 12.1 Å². The van der Waals surface area contributed by atoms with E-state index in [0.717, 1.165) is 25.7 Å². The zero-order valence-electron chi connectivity index (χ0n) is 24.7. The molecule has 0 aromatic heterocycles. The normalized spacial score (nSPS) is 12.4. The van der Waals surface area contributed by atoms with Gasteiger partial charge in [-0.25, -0.2) is 4.79 Å². The van der Waals surface area contributed by atoms with E-state index in [0.29, 0.717) is 29.7 Å². The molecule has 0 saturated carbocycles. The molecule has 3 amide bonds. The molecule has 0 heterocycles. The van der Waals surface area contributed by atoms with Crippen molar-refractivity contribution < 1.29 is 28.7 Å². The quantitative estimate of drug-likeness (QED) is 0.170. The van der Waals surface area contributed by atoms with E-state index in [2.05, 4.69) is 28.2 Å². The van der Waals surface area contributed by atoms with Crippen LogP contribution in [0.5, 0.6) is 0 Å². The topological polar surface area (TPSA) is 114 Å². The second-order valence-electron chi connectivity index (χ2n) is 10.4. The predicted molar refractivity (Wildman–Crippen MR) is 159 cm³/mol. The number of methoxy groups -OCH3 is 1. The van der Waals surface area contributed by atoms with Crippen LogP contribution < -0.4 is 10.6 Å². The molecule has 0 saturated heterocycles. The molecular formula is C30H45N3O6S. The molecule has 2 atom stereocenters. The fourth-order valence-electron chi connectivity index (χ4n) is 4.04. The molecule has 0 aliphatic rings. The summed E-state index contributed by atoms with van der Waals surface area (Å²) in [6, 6.07) is 4.83. The Labute approximate surface area is 243 Å². The molecule has 2 unspecified atom stereocenters. The lowest BCUT2D eigenvalue weighted by Crippen LogP contribution is -2.53. The number of rotatable bonds is 16. The van der Waals surface area contributed by atoms with Crippen molar-refractivity contribution in [1.29, 1.82) is 0 Å². The predicted octanol–water partition coefficient (Wildman–Crippen LogP) is 4.44. The minimum absolute atomic E-state index is 0.254. The summed E-state index contributed by atoms with van der Waals surface area (Å²) in [6.07, 6.45) is 11.9. The third kappa shape index (κ3) is 12.3. The van der Waals surface area contributed by atoms with Crippen molar-refractivity contribution in [3.8, 4) is 12.3 Å². The number of alkyl carbamates (subject to hydrolysis) is 1. The lowest BCUT2D eigenvalue weighted by Gasteiger charge is -2.35. The van der Waals surface area contributed by atoms with Crippen LogP contribution in [0.3, 0.4) is 0 Å². The summed E-state index contributed by atoms with van der Waals surface area (Å²) in [6.45, 7) is 7.23. The standard InChI is InChI=1S/C30H45N3O6S/c1-8-10-11-12-15-19-33(28(36)24(18-20-40-7)32-29(37)39-30(3,4)5)26(27(35)31-21-25(34)38-6)23-17-14-13-16-22(23)9-2/h2,13-14,16-17,24,26H,8,10-12,15,18-21H2,1,3-7H3,(H,31,35)(H,32,37). The number of esters is 1. The van der Waals surface area contributed by atoms with E-state index in [1.807, 2.05) is 6.26 Å². The summed E-state index contributed by atoms with van der Waals surface area (Å²) >= 11 is 1.54. The van der Waals surface area contributed by atoms with E-state index >= 15 is 0 Å². The molecule has 0 aliphatic carbocycles. The first-order chi connectivity index (χ1) is 19.0. The molecule has 2 N–H and O–H groups in total. The van der Waals surface area contributed by atoms with Crippen LogP contribution in [-0.4, -0.2) is 72.6 Å². The first kappa shape index (κ1) is 34.8. The average Bonchev–Trinajstić information content (AvgIpc) is 2.91. The molecule has 10 heteroatoms. The van der Waals surface area contributed by atoms with Gasteiger partial charge in [0.05, 0.1) is 7.11 Å². The van der Waals surface area contributed by atoms with Gasteiger partial charge in [-0.3, -0.25) is 14.4 Å². The van der Waals surface area contributed by atoms with Crippen molar-refractivity contribution in [3.05, 3.63) is 35.4 Å². The minimum atomic E-state index is -1.13. The molecule has 1 rings (SSSR count). The Hall–Kier alpha value is -3.19. The van der Waals surface area contributed by atoms with Crippen LogP contribution in [0.15, 0.2) is 24.3 Å². The number of hydrogen-bond donors (Lipinski definition) is 2. The number of nitrogens with one attached hydrogen (secondary N) is 2. The number of unbranched alkanes of at least 4 members (excludes halogenated alkanes) is 4.